The summed E-state index contributed by atoms with van der Waals surface area (Å²) in [5.41, 5.74) is 2.81. The minimum atomic E-state index is -4.26. The van der Waals surface area contributed by atoms with E-state index in [9.17, 15) is 18.0 Å². The third-order valence-electron chi connectivity index (χ3n) is 8.20. The van der Waals surface area contributed by atoms with Crippen molar-refractivity contribution in [1.82, 2.24) is 10.2 Å². The molecule has 10 heteroatoms. The van der Waals surface area contributed by atoms with E-state index >= 15 is 0 Å². The van der Waals surface area contributed by atoms with Crippen molar-refractivity contribution in [2.45, 2.75) is 62.6 Å². The topological polar surface area (TPSA) is 86.8 Å². The highest BCUT2D eigenvalue weighted by molar-refractivity contribution is 7.92. The van der Waals surface area contributed by atoms with Crippen molar-refractivity contribution in [1.29, 1.82) is 0 Å². The maximum absolute atomic E-state index is 14.6. The average Bonchev–Trinajstić information content (AvgIpc) is 3.56. The third-order valence-corrected chi connectivity index (χ3v) is 10.5. The monoisotopic (exact) mass is 677 g/mol. The number of sulfonamides is 1. The summed E-state index contributed by atoms with van der Waals surface area (Å²) in [4.78, 5) is 30.2. The molecule has 240 valence electrons. The fraction of sp³-hybridized carbons (Fsp3) is 0.278. The highest BCUT2D eigenvalue weighted by atomic mass is 35.5. The van der Waals surface area contributed by atoms with Crippen molar-refractivity contribution >= 4 is 50.7 Å². The van der Waals surface area contributed by atoms with Gasteiger partial charge in [-0.25, -0.2) is 8.42 Å². The van der Waals surface area contributed by atoms with E-state index in [2.05, 4.69) is 5.32 Å². The maximum atomic E-state index is 14.6. The molecule has 0 heterocycles. The largest absolute Gasteiger partial charge is 0.352 e. The molecule has 0 aromatic heterocycles. The van der Waals surface area contributed by atoms with Crippen molar-refractivity contribution < 1.29 is 18.0 Å². The van der Waals surface area contributed by atoms with Crippen LogP contribution in [0.1, 0.15) is 42.4 Å². The van der Waals surface area contributed by atoms with Gasteiger partial charge in [-0.3, -0.25) is 13.9 Å². The second-order valence-corrected chi connectivity index (χ2v) is 14.3. The maximum Gasteiger partial charge on any atom is 0.264 e. The van der Waals surface area contributed by atoms with Gasteiger partial charge in [-0.1, -0.05) is 114 Å². The van der Waals surface area contributed by atoms with Crippen LogP contribution in [0.25, 0.3) is 0 Å². The molecule has 1 aliphatic rings. The zero-order chi connectivity index (χ0) is 32.7. The molecular formula is C36H37Cl2N3O4S. The van der Waals surface area contributed by atoms with E-state index < -0.39 is 28.5 Å². The second kappa shape index (κ2) is 15.2. The highest BCUT2D eigenvalue weighted by Gasteiger charge is 2.36. The lowest BCUT2D eigenvalue weighted by Crippen LogP contribution is -2.54. The molecule has 0 radical (unpaired) electrons. The van der Waals surface area contributed by atoms with E-state index in [-0.39, 0.29) is 40.5 Å². The van der Waals surface area contributed by atoms with Crippen LogP contribution in [-0.2, 0) is 32.6 Å². The summed E-state index contributed by atoms with van der Waals surface area (Å²) in [5, 5.41) is 3.59. The van der Waals surface area contributed by atoms with Gasteiger partial charge in [-0.05, 0) is 61.2 Å². The molecule has 0 bridgehead atoms. The zero-order valence-electron chi connectivity index (χ0n) is 25.6. The first-order chi connectivity index (χ1) is 22.1. The normalized spacial score (nSPS) is 14.1. The predicted molar refractivity (Wildman–Crippen MR) is 183 cm³/mol. The molecule has 1 fully saturated rings. The highest BCUT2D eigenvalue weighted by Crippen LogP contribution is 2.33. The van der Waals surface area contributed by atoms with E-state index in [0.717, 1.165) is 46.7 Å². The molecule has 1 saturated carbocycles. The zero-order valence-corrected chi connectivity index (χ0v) is 27.9. The van der Waals surface area contributed by atoms with E-state index in [1.807, 2.05) is 61.5 Å². The fourth-order valence-corrected chi connectivity index (χ4v) is 7.86. The number of carbonyl (C=O) groups excluding carboxylic acids is 2. The Balaban J connectivity index is 1.58. The first-order valence-electron chi connectivity index (χ1n) is 15.3. The van der Waals surface area contributed by atoms with Gasteiger partial charge in [0.25, 0.3) is 10.0 Å². The summed E-state index contributed by atoms with van der Waals surface area (Å²) < 4.78 is 29.3. The molecule has 1 aliphatic carbocycles. The van der Waals surface area contributed by atoms with Crippen LogP contribution in [0.5, 0.6) is 0 Å². The average molecular weight is 679 g/mol. The molecule has 4 aromatic carbocycles. The third kappa shape index (κ3) is 8.29. The number of halogens is 2. The number of amides is 2. The number of nitrogens with zero attached hydrogens (tertiary/aromatic N) is 2. The number of aryl methyl sites for hydroxylation is 1. The predicted octanol–water partition coefficient (Wildman–Crippen LogP) is 7.20. The Morgan fingerprint density at radius 3 is 2.15 bits per heavy atom. The molecule has 0 spiro atoms. The van der Waals surface area contributed by atoms with Crippen molar-refractivity contribution in [2.75, 3.05) is 10.8 Å². The van der Waals surface area contributed by atoms with E-state index in [1.54, 1.807) is 18.2 Å². The first-order valence-corrected chi connectivity index (χ1v) is 17.5. The van der Waals surface area contributed by atoms with Crippen LogP contribution in [0.3, 0.4) is 0 Å². The Labute approximate surface area is 281 Å². The van der Waals surface area contributed by atoms with Gasteiger partial charge >= 0.3 is 0 Å². The van der Waals surface area contributed by atoms with Gasteiger partial charge in [0.2, 0.25) is 11.8 Å². The van der Waals surface area contributed by atoms with Crippen molar-refractivity contribution in [3.8, 4) is 0 Å². The summed E-state index contributed by atoms with van der Waals surface area (Å²) in [6.45, 7) is 1.47. The number of anilines is 1. The molecule has 0 saturated heterocycles. The summed E-state index contributed by atoms with van der Waals surface area (Å²) in [6, 6.07) is 28.7. The van der Waals surface area contributed by atoms with Gasteiger partial charge in [-0.2, -0.15) is 0 Å². The number of hydrogen-bond acceptors (Lipinski definition) is 4. The Morgan fingerprint density at radius 1 is 0.848 bits per heavy atom. The minimum absolute atomic E-state index is 0.00105. The molecule has 2 amide bonds. The molecule has 1 N–H and O–H groups in total. The quantitative estimate of drug-likeness (QED) is 0.172. The molecule has 0 aliphatic heterocycles. The minimum Gasteiger partial charge on any atom is -0.352 e. The van der Waals surface area contributed by atoms with Gasteiger partial charge in [0.15, 0.2) is 0 Å². The molecule has 7 nitrogen and oxygen atoms in total. The first kappa shape index (κ1) is 33.5. The Bertz CT molecular complexity index is 1760. The van der Waals surface area contributed by atoms with Gasteiger partial charge in [0.1, 0.15) is 12.6 Å². The summed E-state index contributed by atoms with van der Waals surface area (Å²) in [6.07, 6.45) is 4.09. The van der Waals surface area contributed by atoms with Crippen LogP contribution in [0.15, 0.2) is 108 Å². The molecular weight excluding hydrogens is 641 g/mol. The lowest BCUT2D eigenvalue weighted by molar-refractivity contribution is -0.140. The van der Waals surface area contributed by atoms with E-state index in [4.69, 9.17) is 23.2 Å². The van der Waals surface area contributed by atoms with Crippen molar-refractivity contribution in [3.05, 3.63) is 130 Å². The van der Waals surface area contributed by atoms with Crippen LogP contribution >= 0.6 is 23.2 Å². The van der Waals surface area contributed by atoms with Crippen LogP contribution in [0.4, 0.5) is 5.69 Å². The van der Waals surface area contributed by atoms with Gasteiger partial charge in [-0.15, -0.1) is 0 Å². The number of hydrogen-bond donors (Lipinski definition) is 1. The lowest BCUT2D eigenvalue weighted by Gasteiger charge is -2.34. The lowest BCUT2D eigenvalue weighted by atomic mass is 10.0. The van der Waals surface area contributed by atoms with Gasteiger partial charge in [0.05, 0.1) is 15.6 Å². The smallest absolute Gasteiger partial charge is 0.264 e. The molecule has 1 atom stereocenters. The number of rotatable bonds is 12. The summed E-state index contributed by atoms with van der Waals surface area (Å²) in [5.74, 6) is -0.812. The number of nitrogens with one attached hydrogen (secondary N) is 1. The van der Waals surface area contributed by atoms with Crippen LogP contribution < -0.4 is 9.62 Å². The molecule has 1 unspecified atom stereocenters. The second-order valence-electron chi connectivity index (χ2n) is 11.6. The van der Waals surface area contributed by atoms with Crippen LogP contribution in [0, 0.1) is 6.92 Å². The van der Waals surface area contributed by atoms with Crippen LogP contribution in [-0.4, -0.2) is 43.8 Å². The van der Waals surface area contributed by atoms with Crippen LogP contribution in [0.2, 0.25) is 10.0 Å². The van der Waals surface area contributed by atoms with E-state index in [1.165, 1.54) is 35.2 Å². The van der Waals surface area contributed by atoms with Gasteiger partial charge in [0, 0.05) is 24.0 Å². The Kier molecular flexibility index (Phi) is 11.0. The SMILES string of the molecule is Cc1cccc(CN(C(=O)CN(c2ccc(Cl)cc2Cl)S(=O)(=O)c2ccccc2)C(Cc2ccccc2)C(=O)NC2CCCC2)c1. The standard InChI is InChI=1S/C36H37Cl2N3O4S/c1-26-11-10-14-28(21-26)24-40(34(22-27-12-4-2-5-13-27)36(43)39-30-15-8-9-16-30)35(42)25-41(33-20-19-29(37)23-32(33)38)46(44,45)31-17-6-3-7-18-31/h2-7,10-14,17-21,23,30,34H,8-9,15-16,22,24-25H2,1H3,(H,39,43). The summed E-state index contributed by atoms with van der Waals surface area (Å²) in [7, 11) is -4.26. The number of benzene rings is 4. The Morgan fingerprint density at radius 2 is 1.50 bits per heavy atom. The molecule has 46 heavy (non-hydrogen) atoms. The Hall–Kier alpha value is -3.85. The van der Waals surface area contributed by atoms with Gasteiger partial charge < -0.3 is 10.2 Å². The molecule has 5 rings (SSSR count). The fourth-order valence-electron chi connectivity index (χ4n) is 5.85. The van der Waals surface area contributed by atoms with Crippen molar-refractivity contribution in [3.63, 3.8) is 0 Å². The van der Waals surface area contributed by atoms with Crippen molar-refractivity contribution in [2.24, 2.45) is 0 Å². The summed E-state index contributed by atoms with van der Waals surface area (Å²) >= 11 is 12.7. The molecule has 4 aromatic rings. The number of carbonyl (C=O) groups is 2. The van der Waals surface area contributed by atoms with E-state index in [0.29, 0.717) is 5.02 Å².